The van der Waals surface area contributed by atoms with Crippen molar-refractivity contribution in [2.45, 2.75) is 13.8 Å². The van der Waals surface area contributed by atoms with Crippen LogP contribution in [0, 0.1) is 25.2 Å². The van der Waals surface area contributed by atoms with Crippen molar-refractivity contribution in [3.8, 4) is 6.07 Å². The van der Waals surface area contributed by atoms with Crippen LogP contribution in [0.3, 0.4) is 0 Å². The molecule has 0 spiro atoms. The van der Waals surface area contributed by atoms with Gasteiger partial charge in [-0.2, -0.15) is 10.4 Å². The molecule has 1 aromatic rings. The summed E-state index contributed by atoms with van der Waals surface area (Å²) in [7, 11) is 0. The fourth-order valence-corrected chi connectivity index (χ4v) is 1.09. The van der Waals surface area contributed by atoms with Gasteiger partial charge in [0.1, 0.15) is 6.54 Å². The number of rotatable bonds is 2. The van der Waals surface area contributed by atoms with Crippen LogP contribution in [0.15, 0.2) is 0 Å². The molecule has 2 N–H and O–H groups in total. The van der Waals surface area contributed by atoms with Crippen molar-refractivity contribution in [3.63, 3.8) is 0 Å². The second kappa shape index (κ2) is 3.72. The molecule has 1 aromatic heterocycles. The summed E-state index contributed by atoms with van der Waals surface area (Å²) in [5.74, 6) is -0.259. The summed E-state index contributed by atoms with van der Waals surface area (Å²) in [4.78, 5) is 11.4. The van der Waals surface area contributed by atoms with E-state index in [1.165, 1.54) is 0 Å². The van der Waals surface area contributed by atoms with Crippen LogP contribution in [0.5, 0.6) is 0 Å². The third-order valence-corrected chi connectivity index (χ3v) is 1.68. The molecule has 1 rings (SSSR count). The molecule has 68 valence electrons. The number of amides is 1. The van der Waals surface area contributed by atoms with Crippen molar-refractivity contribution in [3.05, 3.63) is 17.0 Å². The summed E-state index contributed by atoms with van der Waals surface area (Å²) in [5.41, 5.74) is 1.89. The Morgan fingerprint density at radius 1 is 1.69 bits per heavy atom. The number of carbonyl (C=O) groups excluding carboxylic acids is 1. The molecule has 5 heteroatoms. The molecule has 0 saturated carbocycles. The highest BCUT2D eigenvalue weighted by molar-refractivity contribution is 5.96. The first-order valence-electron chi connectivity index (χ1n) is 3.83. The molecule has 0 aliphatic heterocycles. The maximum Gasteiger partial charge on any atom is 0.255 e. The van der Waals surface area contributed by atoms with E-state index in [1.807, 2.05) is 6.07 Å². The zero-order chi connectivity index (χ0) is 9.84. The van der Waals surface area contributed by atoms with Gasteiger partial charge >= 0.3 is 0 Å². The maximum atomic E-state index is 11.4. The number of H-pyrrole nitrogens is 1. The van der Waals surface area contributed by atoms with Crippen LogP contribution in [0.1, 0.15) is 21.7 Å². The van der Waals surface area contributed by atoms with Gasteiger partial charge < -0.3 is 5.32 Å². The van der Waals surface area contributed by atoms with E-state index in [-0.39, 0.29) is 12.5 Å². The van der Waals surface area contributed by atoms with Gasteiger partial charge in [0, 0.05) is 5.69 Å². The Morgan fingerprint density at radius 3 is 2.85 bits per heavy atom. The first-order valence-corrected chi connectivity index (χ1v) is 3.83. The van der Waals surface area contributed by atoms with Gasteiger partial charge in [-0.25, -0.2) is 0 Å². The van der Waals surface area contributed by atoms with Crippen molar-refractivity contribution in [2.75, 3.05) is 6.54 Å². The van der Waals surface area contributed by atoms with Gasteiger partial charge in [-0.15, -0.1) is 0 Å². The monoisotopic (exact) mass is 178 g/mol. The second-order valence-corrected chi connectivity index (χ2v) is 2.65. The van der Waals surface area contributed by atoms with E-state index in [0.29, 0.717) is 17.0 Å². The Kier molecular flexibility index (Phi) is 2.65. The molecule has 0 radical (unpaired) electrons. The molecule has 0 bridgehead atoms. The van der Waals surface area contributed by atoms with Crippen molar-refractivity contribution < 1.29 is 4.79 Å². The Labute approximate surface area is 75.8 Å². The first kappa shape index (κ1) is 9.26. The lowest BCUT2D eigenvalue weighted by Crippen LogP contribution is -2.24. The zero-order valence-corrected chi connectivity index (χ0v) is 7.51. The lowest BCUT2D eigenvalue weighted by molar-refractivity contribution is 0.0957. The first-order chi connectivity index (χ1) is 6.16. The Bertz CT molecular complexity index is 341. The highest BCUT2D eigenvalue weighted by Gasteiger charge is 2.13. The van der Waals surface area contributed by atoms with E-state index < -0.39 is 0 Å². The molecule has 0 saturated heterocycles. The second-order valence-electron chi connectivity index (χ2n) is 2.65. The van der Waals surface area contributed by atoms with Gasteiger partial charge in [0.2, 0.25) is 0 Å². The summed E-state index contributed by atoms with van der Waals surface area (Å²) in [6, 6.07) is 1.84. The van der Waals surface area contributed by atoms with Crippen LogP contribution in [0.25, 0.3) is 0 Å². The summed E-state index contributed by atoms with van der Waals surface area (Å²) < 4.78 is 0. The number of hydrogen-bond acceptors (Lipinski definition) is 3. The van der Waals surface area contributed by atoms with Crippen molar-refractivity contribution in [1.29, 1.82) is 5.26 Å². The Balaban J connectivity index is 2.83. The summed E-state index contributed by atoms with van der Waals surface area (Å²) in [6.45, 7) is 3.52. The molecule has 13 heavy (non-hydrogen) atoms. The summed E-state index contributed by atoms with van der Waals surface area (Å²) in [6.07, 6.45) is 0. The normalized spacial score (nSPS) is 9.31. The maximum absolute atomic E-state index is 11.4. The number of aromatic nitrogens is 2. The molecule has 0 fully saturated rings. The predicted octanol–water partition coefficient (Wildman–Crippen LogP) is 0.280. The van der Waals surface area contributed by atoms with Crippen LogP contribution in [0.4, 0.5) is 0 Å². The Hall–Kier alpha value is -1.83. The average molecular weight is 178 g/mol. The quantitative estimate of drug-likeness (QED) is 0.638. The minimum absolute atomic E-state index is 0.0168. The fraction of sp³-hybridized carbons (Fsp3) is 0.375. The minimum atomic E-state index is -0.259. The van der Waals surface area contributed by atoms with Crippen molar-refractivity contribution in [2.24, 2.45) is 0 Å². The van der Waals surface area contributed by atoms with E-state index in [9.17, 15) is 4.79 Å². The third-order valence-electron chi connectivity index (χ3n) is 1.68. The van der Waals surface area contributed by atoms with Crippen molar-refractivity contribution >= 4 is 5.91 Å². The number of nitriles is 1. The number of hydrogen-bond donors (Lipinski definition) is 2. The van der Waals surface area contributed by atoms with Crippen LogP contribution >= 0.6 is 0 Å². The smallest absolute Gasteiger partial charge is 0.255 e. The van der Waals surface area contributed by atoms with Gasteiger partial charge in [0.15, 0.2) is 0 Å². The molecule has 0 unspecified atom stereocenters. The van der Waals surface area contributed by atoms with E-state index >= 15 is 0 Å². The van der Waals surface area contributed by atoms with Crippen LogP contribution in [0.2, 0.25) is 0 Å². The van der Waals surface area contributed by atoms with Gasteiger partial charge in [0.05, 0.1) is 17.3 Å². The van der Waals surface area contributed by atoms with E-state index in [2.05, 4.69) is 15.5 Å². The lowest BCUT2D eigenvalue weighted by Gasteiger charge is -1.99. The van der Waals surface area contributed by atoms with Crippen molar-refractivity contribution in [1.82, 2.24) is 15.5 Å². The van der Waals surface area contributed by atoms with Gasteiger partial charge in [-0.05, 0) is 13.8 Å². The standard InChI is InChI=1S/C8H10N4O/c1-5-7(6(2)12-11-5)8(13)10-4-3-9/h4H2,1-2H3,(H,10,13)(H,11,12). The minimum Gasteiger partial charge on any atom is -0.339 e. The number of nitrogens with zero attached hydrogens (tertiary/aromatic N) is 2. The van der Waals surface area contributed by atoms with Crippen LogP contribution in [-0.4, -0.2) is 22.6 Å². The number of aryl methyl sites for hydroxylation is 2. The van der Waals surface area contributed by atoms with E-state index in [4.69, 9.17) is 5.26 Å². The fourth-order valence-electron chi connectivity index (χ4n) is 1.09. The largest absolute Gasteiger partial charge is 0.339 e. The molecule has 1 heterocycles. The number of nitrogens with one attached hydrogen (secondary N) is 2. The lowest BCUT2D eigenvalue weighted by atomic mass is 10.2. The molecule has 0 aliphatic rings. The topological polar surface area (TPSA) is 81.6 Å². The SMILES string of the molecule is Cc1n[nH]c(C)c1C(=O)NCC#N. The zero-order valence-electron chi connectivity index (χ0n) is 7.51. The predicted molar refractivity (Wildman–Crippen MR) is 46.0 cm³/mol. The number of aromatic amines is 1. The highest BCUT2D eigenvalue weighted by atomic mass is 16.1. The summed E-state index contributed by atoms with van der Waals surface area (Å²) in [5, 5.41) is 17.3. The molecular formula is C8H10N4O. The van der Waals surface area contributed by atoms with Gasteiger partial charge in [0.25, 0.3) is 5.91 Å². The van der Waals surface area contributed by atoms with Gasteiger partial charge in [-0.3, -0.25) is 9.89 Å². The van der Waals surface area contributed by atoms with Crippen LogP contribution < -0.4 is 5.32 Å². The van der Waals surface area contributed by atoms with E-state index in [1.54, 1.807) is 13.8 Å². The molecule has 0 aromatic carbocycles. The van der Waals surface area contributed by atoms with Gasteiger partial charge in [-0.1, -0.05) is 0 Å². The Morgan fingerprint density at radius 2 is 2.38 bits per heavy atom. The summed E-state index contributed by atoms with van der Waals surface area (Å²) >= 11 is 0. The van der Waals surface area contributed by atoms with E-state index in [0.717, 1.165) is 0 Å². The highest BCUT2D eigenvalue weighted by Crippen LogP contribution is 2.08. The molecule has 5 nitrogen and oxygen atoms in total. The molecular weight excluding hydrogens is 168 g/mol. The third kappa shape index (κ3) is 1.85. The average Bonchev–Trinajstić information content (AvgIpc) is 2.42. The number of carbonyl (C=O) groups is 1. The van der Waals surface area contributed by atoms with Crippen LogP contribution in [-0.2, 0) is 0 Å². The molecule has 1 amide bonds. The molecule has 0 atom stereocenters. The molecule has 0 aliphatic carbocycles.